The number of carbonyl (C=O) groups excluding carboxylic acids is 1. The van der Waals surface area contributed by atoms with Crippen molar-refractivity contribution in [1.29, 1.82) is 0 Å². The van der Waals surface area contributed by atoms with Crippen LogP contribution in [0.4, 0.5) is 0 Å². The molecule has 0 radical (unpaired) electrons. The van der Waals surface area contributed by atoms with E-state index in [0.717, 1.165) is 19.4 Å². The van der Waals surface area contributed by atoms with Gasteiger partial charge in [0.1, 0.15) is 0 Å². The number of carbonyl (C=O) groups is 1. The summed E-state index contributed by atoms with van der Waals surface area (Å²) in [6.45, 7) is 4.71. The molecule has 1 N–H and O–H groups in total. The van der Waals surface area contributed by atoms with Crippen LogP contribution in [0, 0.1) is 5.92 Å². The van der Waals surface area contributed by atoms with Gasteiger partial charge in [-0.05, 0) is 32.2 Å². The molecule has 1 fully saturated rings. The lowest BCUT2D eigenvalue weighted by Gasteiger charge is -2.31. The predicted octanol–water partition coefficient (Wildman–Crippen LogP) is 0.201. The van der Waals surface area contributed by atoms with Crippen molar-refractivity contribution in [2.24, 2.45) is 5.92 Å². The van der Waals surface area contributed by atoms with Crippen LogP contribution in [0.15, 0.2) is 0 Å². The molecule has 0 aromatic heterocycles. The molecule has 1 aliphatic heterocycles. The fraction of sp³-hybridized carbons (Fsp3) is 0.917. The fourth-order valence-corrected chi connectivity index (χ4v) is 3.17. The number of sulfonamides is 1. The first-order chi connectivity index (χ1) is 8.93. The summed E-state index contributed by atoms with van der Waals surface area (Å²) in [6, 6.07) is 0. The second-order valence-electron chi connectivity index (χ2n) is 4.89. The van der Waals surface area contributed by atoms with Crippen LogP contribution in [0.3, 0.4) is 0 Å². The molecule has 112 valence electrons. The minimum Gasteiger partial charge on any atom is -0.466 e. The van der Waals surface area contributed by atoms with Gasteiger partial charge >= 0.3 is 5.97 Å². The Morgan fingerprint density at radius 2 is 2.21 bits per heavy atom. The summed E-state index contributed by atoms with van der Waals surface area (Å²) in [7, 11) is -3.08. The Hall–Kier alpha value is -0.660. The van der Waals surface area contributed by atoms with E-state index < -0.39 is 10.0 Å². The Balaban J connectivity index is 2.21. The molecule has 0 spiro atoms. The standard InChI is InChI=1S/C12H24N2O4S/c1-3-18-12(15)6-7-13-9-11-5-4-8-14(10-11)19(2,16)17/h11,13H,3-10H2,1-2H3. The summed E-state index contributed by atoms with van der Waals surface area (Å²) in [6.07, 6.45) is 3.54. The van der Waals surface area contributed by atoms with Crippen molar-refractivity contribution in [2.45, 2.75) is 26.2 Å². The number of nitrogens with one attached hydrogen (secondary N) is 1. The molecule has 6 nitrogen and oxygen atoms in total. The van der Waals surface area contributed by atoms with Gasteiger partial charge < -0.3 is 10.1 Å². The van der Waals surface area contributed by atoms with E-state index in [2.05, 4.69) is 5.32 Å². The van der Waals surface area contributed by atoms with E-state index in [1.54, 1.807) is 6.92 Å². The van der Waals surface area contributed by atoms with Crippen molar-refractivity contribution in [3.05, 3.63) is 0 Å². The van der Waals surface area contributed by atoms with E-state index in [0.29, 0.717) is 38.6 Å². The quantitative estimate of drug-likeness (QED) is 0.536. The SMILES string of the molecule is CCOC(=O)CCNCC1CCCN(S(C)(=O)=O)C1. The smallest absolute Gasteiger partial charge is 0.307 e. The average molecular weight is 292 g/mol. The number of hydrogen-bond donors (Lipinski definition) is 1. The average Bonchev–Trinajstić information content (AvgIpc) is 2.34. The van der Waals surface area contributed by atoms with Gasteiger partial charge in [-0.15, -0.1) is 0 Å². The lowest BCUT2D eigenvalue weighted by atomic mass is 10.00. The molecule has 7 heteroatoms. The number of ether oxygens (including phenoxy) is 1. The van der Waals surface area contributed by atoms with Gasteiger partial charge in [0.05, 0.1) is 19.3 Å². The monoisotopic (exact) mass is 292 g/mol. The number of piperidine rings is 1. The first-order valence-corrected chi connectivity index (χ1v) is 8.59. The van der Waals surface area contributed by atoms with E-state index in [-0.39, 0.29) is 5.97 Å². The van der Waals surface area contributed by atoms with Gasteiger partial charge in [-0.25, -0.2) is 12.7 Å². The van der Waals surface area contributed by atoms with Crippen LogP contribution in [-0.4, -0.2) is 57.7 Å². The van der Waals surface area contributed by atoms with Crippen LogP contribution in [0.25, 0.3) is 0 Å². The molecule has 1 rings (SSSR count). The van der Waals surface area contributed by atoms with Crippen molar-refractivity contribution >= 4 is 16.0 Å². The second kappa shape index (κ2) is 7.81. The van der Waals surface area contributed by atoms with Crippen molar-refractivity contribution in [1.82, 2.24) is 9.62 Å². The molecule has 0 saturated carbocycles. The van der Waals surface area contributed by atoms with E-state index in [4.69, 9.17) is 4.74 Å². The first kappa shape index (κ1) is 16.4. The van der Waals surface area contributed by atoms with Crippen LogP contribution >= 0.6 is 0 Å². The molecule has 0 bridgehead atoms. The van der Waals surface area contributed by atoms with E-state index in [1.807, 2.05) is 0 Å². The molecule has 1 aliphatic rings. The molecule has 1 atom stereocenters. The van der Waals surface area contributed by atoms with Crippen molar-refractivity contribution in [3.63, 3.8) is 0 Å². The van der Waals surface area contributed by atoms with Crippen LogP contribution in [0.5, 0.6) is 0 Å². The molecule has 0 aromatic rings. The Kier molecular flexibility index (Phi) is 6.74. The lowest BCUT2D eigenvalue weighted by Crippen LogP contribution is -2.42. The molecule has 0 aliphatic carbocycles. The number of esters is 1. The van der Waals surface area contributed by atoms with E-state index >= 15 is 0 Å². The molecule has 1 heterocycles. The van der Waals surface area contributed by atoms with Crippen LogP contribution in [-0.2, 0) is 19.6 Å². The van der Waals surface area contributed by atoms with Crippen molar-refractivity contribution in [2.75, 3.05) is 39.0 Å². The Morgan fingerprint density at radius 1 is 1.47 bits per heavy atom. The maximum absolute atomic E-state index is 11.5. The zero-order chi connectivity index (χ0) is 14.3. The summed E-state index contributed by atoms with van der Waals surface area (Å²) in [5, 5.41) is 3.19. The normalized spacial score (nSPS) is 21.3. The summed E-state index contributed by atoms with van der Waals surface area (Å²) in [5.74, 6) is 0.127. The van der Waals surface area contributed by atoms with Gasteiger partial charge in [0.15, 0.2) is 0 Å². The summed E-state index contributed by atoms with van der Waals surface area (Å²) in [4.78, 5) is 11.1. The number of nitrogens with zero attached hydrogens (tertiary/aromatic N) is 1. The summed E-state index contributed by atoms with van der Waals surface area (Å²) >= 11 is 0. The minimum atomic E-state index is -3.08. The highest BCUT2D eigenvalue weighted by Gasteiger charge is 2.25. The highest BCUT2D eigenvalue weighted by atomic mass is 32.2. The van der Waals surface area contributed by atoms with Crippen LogP contribution in [0.2, 0.25) is 0 Å². The van der Waals surface area contributed by atoms with Gasteiger partial charge in [-0.3, -0.25) is 4.79 Å². The molecule has 0 amide bonds. The largest absolute Gasteiger partial charge is 0.466 e. The van der Waals surface area contributed by atoms with Crippen LogP contribution < -0.4 is 5.32 Å². The highest BCUT2D eigenvalue weighted by Crippen LogP contribution is 2.17. The van der Waals surface area contributed by atoms with Crippen molar-refractivity contribution < 1.29 is 17.9 Å². The van der Waals surface area contributed by atoms with E-state index in [9.17, 15) is 13.2 Å². The molecule has 1 saturated heterocycles. The first-order valence-electron chi connectivity index (χ1n) is 6.75. The maximum Gasteiger partial charge on any atom is 0.307 e. The predicted molar refractivity (Wildman–Crippen MR) is 73.3 cm³/mol. The molecule has 0 aromatic carbocycles. The molecule has 1 unspecified atom stereocenters. The number of hydrogen-bond acceptors (Lipinski definition) is 5. The molecular formula is C12H24N2O4S. The zero-order valence-electron chi connectivity index (χ0n) is 11.7. The maximum atomic E-state index is 11.5. The minimum absolute atomic E-state index is 0.198. The third-order valence-corrected chi connectivity index (χ3v) is 4.46. The Bertz CT molecular complexity index is 383. The van der Waals surface area contributed by atoms with Gasteiger partial charge in [-0.1, -0.05) is 0 Å². The highest BCUT2D eigenvalue weighted by molar-refractivity contribution is 7.88. The Labute approximate surface area is 115 Å². The van der Waals surface area contributed by atoms with Crippen molar-refractivity contribution in [3.8, 4) is 0 Å². The van der Waals surface area contributed by atoms with Gasteiger partial charge in [-0.2, -0.15) is 0 Å². The van der Waals surface area contributed by atoms with E-state index in [1.165, 1.54) is 10.6 Å². The third kappa shape index (κ3) is 6.35. The number of rotatable bonds is 7. The van der Waals surface area contributed by atoms with Gasteiger partial charge in [0.25, 0.3) is 0 Å². The topological polar surface area (TPSA) is 75.7 Å². The van der Waals surface area contributed by atoms with Crippen LogP contribution in [0.1, 0.15) is 26.2 Å². The lowest BCUT2D eigenvalue weighted by molar-refractivity contribution is -0.142. The molecular weight excluding hydrogens is 268 g/mol. The van der Waals surface area contributed by atoms with Gasteiger partial charge in [0, 0.05) is 19.6 Å². The second-order valence-corrected chi connectivity index (χ2v) is 6.87. The third-order valence-electron chi connectivity index (χ3n) is 3.19. The zero-order valence-corrected chi connectivity index (χ0v) is 12.5. The molecule has 19 heavy (non-hydrogen) atoms. The Morgan fingerprint density at radius 3 is 2.84 bits per heavy atom. The van der Waals surface area contributed by atoms with Gasteiger partial charge in [0.2, 0.25) is 10.0 Å². The summed E-state index contributed by atoms with van der Waals surface area (Å²) < 4.78 is 29.3. The summed E-state index contributed by atoms with van der Waals surface area (Å²) in [5.41, 5.74) is 0. The fourth-order valence-electron chi connectivity index (χ4n) is 2.22.